The molecule has 0 bridgehead atoms. The zero-order valence-corrected chi connectivity index (χ0v) is 11.9. The van der Waals surface area contributed by atoms with Crippen molar-refractivity contribution in [3.63, 3.8) is 0 Å². The lowest BCUT2D eigenvalue weighted by Crippen LogP contribution is -2.05. The van der Waals surface area contributed by atoms with Gasteiger partial charge in [0, 0.05) is 21.2 Å². The van der Waals surface area contributed by atoms with E-state index >= 15 is 0 Å². The normalized spacial score (nSPS) is 13.2. The summed E-state index contributed by atoms with van der Waals surface area (Å²) in [5.74, 6) is 0.690. The number of hydrogen-bond acceptors (Lipinski definition) is 2. The van der Waals surface area contributed by atoms with Crippen molar-refractivity contribution in [1.29, 1.82) is 0 Å². The van der Waals surface area contributed by atoms with E-state index in [-0.39, 0.29) is 0 Å². The van der Waals surface area contributed by atoms with Gasteiger partial charge in [0.2, 0.25) is 0 Å². The maximum atomic E-state index is 5.65. The van der Waals surface area contributed by atoms with Crippen LogP contribution in [0.25, 0.3) is 0 Å². The molecule has 1 nitrogen and oxygen atoms in total. The Kier molecular flexibility index (Phi) is 5.16. The number of hydrogen-bond donors (Lipinski definition) is 1. The highest BCUT2D eigenvalue weighted by molar-refractivity contribution is 9.10. The maximum absolute atomic E-state index is 5.65. The maximum Gasteiger partial charge on any atom is 0.0189 e. The molecule has 0 heterocycles. The second-order valence-electron chi connectivity index (χ2n) is 4.07. The predicted octanol–water partition coefficient (Wildman–Crippen LogP) is 4.04. The van der Waals surface area contributed by atoms with Crippen molar-refractivity contribution in [2.45, 2.75) is 37.5 Å². The van der Waals surface area contributed by atoms with E-state index < -0.39 is 0 Å². The largest absolute Gasteiger partial charge is 0.326 e. The third-order valence-corrected chi connectivity index (χ3v) is 4.31. The van der Waals surface area contributed by atoms with Gasteiger partial charge in [0.05, 0.1) is 0 Å². The second kappa shape index (κ2) is 5.92. The minimum atomic E-state index is 0.600. The van der Waals surface area contributed by atoms with Crippen LogP contribution < -0.4 is 5.73 Å². The van der Waals surface area contributed by atoms with Gasteiger partial charge in [-0.1, -0.05) is 36.7 Å². The molecule has 1 rings (SSSR count). The summed E-state index contributed by atoms with van der Waals surface area (Å²) in [5.41, 5.74) is 6.83. The Balaban J connectivity index is 2.80. The van der Waals surface area contributed by atoms with E-state index in [1.165, 1.54) is 10.5 Å². The third-order valence-electron chi connectivity index (χ3n) is 2.43. The van der Waals surface area contributed by atoms with Crippen molar-refractivity contribution in [2.24, 2.45) is 11.7 Å². The molecule has 2 N–H and O–H groups in total. The summed E-state index contributed by atoms with van der Waals surface area (Å²) < 4.78 is 1.11. The van der Waals surface area contributed by atoms with Gasteiger partial charge in [-0.3, -0.25) is 0 Å². The summed E-state index contributed by atoms with van der Waals surface area (Å²) in [6.07, 6.45) is 0. The first-order valence-electron chi connectivity index (χ1n) is 5.19. The molecular formula is C12H18BrNS. The SMILES string of the molecule is CC(C)C(C)Sc1cc(Br)cc(CN)c1. The first-order chi connectivity index (χ1) is 7.02. The summed E-state index contributed by atoms with van der Waals surface area (Å²) in [6, 6.07) is 6.40. The van der Waals surface area contributed by atoms with E-state index in [0.717, 1.165) is 4.47 Å². The van der Waals surface area contributed by atoms with Crippen LogP contribution in [0.3, 0.4) is 0 Å². The Labute approximate surface area is 105 Å². The Morgan fingerprint density at radius 1 is 1.27 bits per heavy atom. The van der Waals surface area contributed by atoms with Gasteiger partial charge in [-0.05, 0) is 29.7 Å². The average molecular weight is 288 g/mol. The van der Waals surface area contributed by atoms with Crippen LogP contribution in [0.2, 0.25) is 0 Å². The minimum Gasteiger partial charge on any atom is -0.326 e. The molecule has 3 heteroatoms. The lowest BCUT2D eigenvalue weighted by molar-refractivity contribution is 0.642. The van der Waals surface area contributed by atoms with Gasteiger partial charge < -0.3 is 5.73 Å². The quantitative estimate of drug-likeness (QED) is 0.846. The molecule has 84 valence electrons. The molecule has 0 aromatic heterocycles. The molecule has 1 aromatic rings. The lowest BCUT2D eigenvalue weighted by atomic mass is 10.2. The lowest BCUT2D eigenvalue weighted by Gasteiger charge is -2.15. The average Bonchev–Trinajstić information content (AvgIpc) is 2.16. The second-order valence-corrected chi connectivity index (χ2v) is 6.43. The molecule has 15 heavy (non-hydrogen) atoms. The van der Waals surface area contributed by atoms with Crippen LogP contribution in [0.4, 0.5) is 0 Å². The zero-order chi connectivity index (χ0) is 11.4. The Morgan fingerprint density at radius 2 is 1.93 bits per heavy atom. The van der Waals surface area contributed by atoms with Gasteiger partial charge in [-0.15, -0.1) is 11.8 Å². The summed E-state index contributed by atoms with van der Waals surface area (Å²) in [7, 11) is 0. The van der Waals surface area contributed by atoms with Crippen LogP contribution in [-0.4, -0.2) is 5.25 Å². The molecule has 0 saturated heterocycles. The Morgan fingerprint density at radius 3 is 2.47 bits per heavy atom. The minimum absolute atomic E-state index is 0.600. The highest BCUT2D eigenvalue weighted by Crippen LogP contribution is 2.30. The molecular weight excluding hydrogens is 270 g/mol. The molecule has 0 amide bonds. The number of thioether (sulfide) groups is 1. The molecule has 0 spiro atoms. The zero-order valence-electron chi connectivity index (χ0n) is 9.46. The fourth-order valence-corrected chi connectivity index (χ4v) is 2.97. The first kappa shape index (κ1) is 13.1. The molecule has 0 radical (unpaired) electrons. The first-order valence-corrected chi connectivity index (χ1v) is 6.86. The smallest absolute Gasteiger partial charge is 0.0189 e. The van der Waals surface area contributed by atoms with Crippen LogP contribution in [0.5, 0.6) is 0 Å². The van der Waals surface area contributed by atoms with E-state index in [0.29, 0.717) is 17.7 Å². The van der Waals surface area contributed by atoms with E-state index in [2.05, 4.69) is 54.9 Å². The highest BCUT2D eigenvalue weighted by atomic mass is 79.9. The van der Waals surface area contributed by atoms with Crippen LogP contribution in [0, 0.1) is 5.92 Å². The Bertz CT molecular complexity index is 325. The highest BCUT2D eigenvalue weighted by Gasteiger charge is 2.09. The van der Waals surface area contributed by atoms with Crippen LogP contribution >= 0.6 is 27.7 Å². The summed E-state index contributed by atoms with van der Waals surface area (Å²) in [5, 5.41) is 0.630. The molecule has 0 saturated carbocycles. The van der Waals surface area contributed by atoms with Gasteiger partial charge in [0.25, 0.3) is 0 Å². The molecule has 1 atom stereocenters. The summed E-state index contributed by atoms with van der Waals surface area (Å²) >= 11 is 5.42. The van der Waals surface area contributed by atoms with Gasteiger partial charge in [-0.2, -0.15) is 0 Å². The third kappa shape index (κ3) is 4.17. The molecule has 1 aromatic carbocycles. The fourth-order valence-electron chi connectivity index (χ4n) is 1.16. The number of benzene rings is 1. The van der Waals surface area contributed by atoms with Crippen molar-refractivity contribution in [3.8, 4) is 0 Å². The Hall–Kier alpha value is 0.01000. The van der Waals surface area contributed by atoms with Gasteiger partial charge >= 0.3 is 0 Å². The van der Waals surface area contributed by atoms with E-state index in [9.17, 15) is 0 Å². The van der Waals surface area contributed by atoms with E-state index in [4.69, 9.17) is 5.73 Å². The molecule has 1 unspecified atom stereocenters. The summed E-state index contributed by atoms with van der Waals surface area (Å²) in [6.45, 7) is 7.36. The van der Waals surface area contributed by atoms with Gasteiger partial charge in [0.1, 0.15) is 0 Å². The van der Waals surface area contributed by atoms with Crippen molar-refractivity contribution in [3.05, 3.63) is 28.2 Å². The molecule has 0 aliphatic rings. The van der Waals surface area contributed by atoms with Crippen LogP contribution in [-0.2, 0) is 6.54 Å². The van der Waals surface area contributed by atoms with Gasteiger partial charge in [0.15, 0.2) is 0 Å². The van der Waals surface area contributed by atoms with Crippen LogP contribution in [0.1, 0.15) is 26.3 Å². The standard InChI is InChI=1S/C12H18BrNS/c1-8(2)9(3)15-12-5-10(7-14)4-11(13)6-12/h4-6,8-9H,7,14H2,1-3H3. The van der Waals surface area contributed by atoms with Gasteiger partial charge in [-0.25, -0.2) is 0 Å². The van der Waals surface area contributed by atoms with Crippen molar-refractivity contribution < 1.29 is 0 Å². The van der Waals surface area contributed by atoms with Crippen molar-refractivity contribution in [2.75, 3.05) is 0 Å². The molecule has 0 aliphatic carbocycles. The van der Waals surface area contributed by atoms with E-state index in [1.807, 2.05) is 11.8 Å². The molecule has 0 fully saturated rings. The number of rotatable bonds is 4. The van der Waals surface area contributed by atoms with E-state index in [1.54, 1.807) is 0 Å². The molecule has 0 aliphatic heterocycles. The van der Waals surface area contributed by atoms with Crippen molar-refractivity contribution >= 4 is 27.7 Å². The monoisotopic (exact) mass is 287 g/mol. The predicted molar refractivity (Wildman–Crippen MR) is 72.2 cm³/mol. The number of halogens is 1. The summed E-state index contributed by atoms with van der Waals surface area (Å²) in [4.78, 5) is 1.30. The topological polar surface area (TPSA) is 26.0 Å². The number of nitrogens with two attached hydrogens (primary N) is 1. The fraction of sp³-hybridized carbons (Fsp3) is 0.500. The van der Waals surface area contributed by atoms with Crippen LogP contribution in [0.15, 0.2) is 27.6 Å². The van der Waals surface area contributed by atoms with Crippen molar-refractivity contribution in [1.82, 2.24) is 0 Å².